The zero-order valence-electron chi connectivity index (χ0n) is 8.74. The van der Waals surface area contributed by atoms with Gasteiger partial charge in [-0.2, -0.15) is 0 Å². The van der Waals surface area contributed by atoms with Crippen molar-refractivity contribution in [2.45, 2.75) is 20.3 Å². The number of rotatable bonds is 2. The molecule has 0 amide bonds. The molecule has 0 spiro atoms. The van der Waals surface area contributed by atoms with E-state index in [0.717, 1.165) is 0 Å². The smallest absolute Gasteiger partial charge is 0.309 e. The van der Waals surface area contributed by atoms with Crippen molar-refractivity contribution >= 4 is 11.8 Å². The first-order valence-electron chi connectivity index (χ1n) is 4.67. The van der Waals surface area contributed by atoms with Crippen molar-refractivity contribution in [3.8, 4) is 0 Å². The third kappa shape index (κ3) is 1.54. The first-order valence-corrected chi connectivity index (χ1v) is 4.67. The summed E-state index contributed by atoms with van der Waals surface area (Å²) in [6, 6.07) is 0. The van der Waals surface area contributed by atoms with Crippen LogP contribution >= 0.6 is 0 Å². The summed E-state index contributed by atoms with van der Waals surface area (Å²) in [4.78, 5) is 22.9. The number of hydrogen-bond acceptors (Lipinski definition) is 4. The molecule has 1 aliphatic rings. The molecule has 1 N–H and O–H groups in total. The van der Waals surface area contributed by atoms with Gasteiger partial charge in [-0.3, -0.25) is 9.59 Å². The van der Waals surface area contributed by atoms with Crippen LogP contribution in [0.3, 0.4) is 0 Å². The number of ketones is 1. The monoisotopic (exact) mass is 200 g/mol. The molecular weight excluding hydrogens is 184 g/mol. The first-order chi connectivity index (χ1) is 6.45. The Balaban J connectivity index is 2.92. The van der Waals surface area contributed by atoms with Gasteiger partial charge >= 0.3 is 5.97 Å². The van der Waals surface area contributed by atoms with Crippen LogP contribution < -0.4 is 0 Å². The van der Waals surface area contributed by atoms with Gasteiger partial charge in [-0.15, -0.1) is 0 Å². The van der Waals surface area contributed by atoms with E-state index in [9.17, 15) is 14.7 Å². The van der Waals surface area contributed by atoms with Crippen LogP contribution in [0.5, 0.6) is 0 Å². The van der Waals surface area contributed by atoms with Crippen LogP contribution in [0.15, 0.2) is 0 Å². The van der Waals surface area contributed by atoms with Crippen LogP contribution in [0.2, 0.25) is 0 Å². The Bertz CT molecular complexity index is 257. The van der Waals surface area contributed by atoms with Crippen LogP contribution in [-0.2, 0) is 14.3 Å². The molecule has 0 unspecified atom stereocenters. The van der Waals surface area contributed by atoms with Gasteiger partial charge in [0.05, 0.1) is 13.0 Å². The van der Waals surface area contributed by atoms with Crippen LogP contribution in [0.25, 0.3) is 0 Å². The van der Waals surface area contributed by atoms with E-state index < -0.39 is 17.3 Å². The van der Waals surface area contributed by atoms with Gasteiger partial charge in [-0.25, -0.2) is 0 Å². The standard InChI is InChI=1S/C10H16O4/c1-10(2)7(5-11)6(4-8(10)12)9(13)14-3/h6-7,11H,4-5H2,1-3H3/t6-,7+/m0/s1. The third-order valence-electron chi connectivity index (χ3n) is 3.24. The Hall–Kier alpha value is -0.900. The fourth-order valence-electron chi connectivity index (χ4n) is 2.07. The number of methoxy groups -OCH3 is 1. The number of hydrogen-bond donors (Lipinski definition) is 1. The molecule has 4 nitrogen and oxygen atoms in total. The van der Waals surface area contributed by atoms with E-state index in [4.69, 9.17) is 0 Å². The largest absolute Gasteiger partial charge is 0.469 e. The van der Waals surface area contributed by atoms with Gasteiger partial charge < -0.3 is 9.84 Å². The maximum Gasteiger partial charge on any atom is 0.309 e. The highest BCUT2D eigenvalue weighted by Crippen LogP contribution is 2.43. The molecular formula is C10H16O4. The van der Waals surface area contributed by atoms with E-state index in [1.54, 1.807) is 13.8 Å². The summed E-state index contributed by atoms with van der Waals surface area (Å²) in [5.74, 6) is -1.18. The summed E-state index contributed by atoms with van der Waals surface area (Å²) >= 11 is 0. The molecule has 1 saturated carbocycles. The lowest BCUT2D eigenvalue weighted by molar-refractivity contribution is -0.148. The molecule has 1 rings (SSSR count). The Labute approximate surface area is 83.2 Å². The summed E-state index contributed by atoms with van der Waals surface area (Å²) in [6.45, 7) is 3.37. The SMILES string of the molecule is COC(=O)[C@H]1CC(=O)C(C)(C)[C@@H]1CO. The second-order valence-corrected chi connectivity index (χ2v) is 4.27. The average Bonchev–Trinajstić information content (AvgIpc) is 2.37. The van der Waals surface area contributed by atoms with Crippen LogP contribution in [0.4, 0.5) is 0 Å². The number of carbonyl (C=O) groups is 2. The van der Waals surface area contributed by atoms with Gasteiger partial charge in [0.2, 0.25) is 0 Å². The summed E-state index contributed by atoms with van der Waals surface area (Å²) in [5, 5.41) is 9.17. The van der Waals surface area contributed by atoms with Crippen LogP contribution in [0.1, 0.15) is 20.3 Å². The molecule has 14 heavy (non-hydrogen) atoms. The summed E-state index contributed by atoms with van der Waals surface area (Å²) in [6.07, 6.45) is 0.185. The summed E-state index contributed by atoms with van der Waals surface area (Å²) < 4.78 is 4.61. The normalized spacial score (nSPS) is 30.4. The van der Waals surface area contributed by atoms with Crippen LogP contribution in [-0.4, -0.2) is 30.6 Å². The van der Waals surface area contributed by atoms with Gasteiger partial charge in [0.15, 0.2) is 0 Å². The number of aliphatic hydroxyl groups is 1. The molecule has 0 heterocycles. The van der Waals surface area contributed by atoms with Crippen molar-refractivity contribution in [2.75, 3.05) is 13.7 Å². The minimum Gasteiger partial charge on any atom is -0.469 e. The second kappa shape index (κ2) is 3.69. The summed E-state index contributed by atoms with van der Waals surface area (Å²) in [5.41, 5.74) is -0.617. The second-order valence-electron chi connectivity index (χ2n) is 4.27. The van der Waals surface area contributed by atoms with E-state index >= 15 is 0 Å². The van der Waals surface area contributed by atoms with Gasteiger partial charge in [-0.05, 0) is 0 Å². The maximum absolute atomic E-state index is 11.6. The molecule has 0 saturated heterocycles. The number of Topliss-reactive ketones (excluding diaryl/α,β-unsaturated/α-hetero) is 1. The van der Waals surface area contributed by atoms with Gasteiger partial charge in [0.1, 0.15) is 5.78 Å². The van der Waals surface area contributed by atoms with Crippen molar-refractivity contribution in [3.05, 3.63) is 0 Å². The van der Waals surface area contributed by atoms with Crippen molar-refractivity contribution in [3.63, 3.8) is 0 Å². The minimum absolute atomic E-state index is 0.0203. The predicted molar refractivity (Wildman–Crippen MR) is 49.5 cm³/mol. The zero-order valence-corrected chi connectivity index (χ0v) is 8.74. The van der Waals surface area contributed by atoms with Crippen molar-refractivity contribution in [2.24, 2.45) is 17.3 Å². The molecule has 0 aliphatic heterocycles. The lowest BCUT2D eigenvalue weighted by Gasteiger charge is -2.25. The predicted octanol–water partition coefficient (Wildman–Crippen LogP) is 0.383. The van der Waals surface area contributed by atoms with Gasteiger partial charge in [0, 0.05) is 24.4 Å². The Morgan fingerprint density at radius 2 is 2.21 bits per heavy atom. The molecule has 0 aromatic heterocycles. The first kappa shape index (κ1) is 11.2. The molecule has 1 fully saturated rings. The highest BCUT2D eigenvalue weighted by Gasteiger charge is 2.51. The number of aliphatic hydroxyl groups excluding tert-OH is 1. The number of ether oxygens (including phenoxy) is 1. The zero-order chi connectivity index (χ0) is 10.9. The van der Waals surface area contributed by atoms with E-state index in [-0.39, 0.29) is 24.7 Å². The minimum atomic E-state index is -0.617. The molecule has 4 heteroatoms. The molecule has 2 atom stereocenters. The van der Waals surface area contributed by atoms with E-state index in [0.29, 0.717) is 0 Å². The van der Waals surface area contributed by atoms with Crippen molar-refractivity contribution in [1.29, 1.82) is 0 Å². The van der Waals surface area contributed by atoms with Gasteiger partial charge in [0.25, 0.3) is 0 Å². The van der Waals surface area contributed by atoms with E-state index in [1.807, 2.05) is 0 Å². The lowest BCUT2D eigenvalue weighted by Crippen LogP contribution is -2.32. The molecule has 80 valence electrons. The van der Waals surface area contributed by atoms with E-state index in [2.05, 4.69) is 4.74 Å². The fraction of sp³-hybridized carbons (Fsp3) is 0.800. The van der Waals surface area contributed by atoms with Gasteiger partial charge in [-0.1, -0.05) is 13.8 Å². The number of carbonyl (C=O) groups excluding carboxylic acids is 2. The molecule has 1 aliphatic carbocycles. The van der Waals surface area contributed by atoms with E-state index in [1.165, 1.54) is 7.11 Å². The maximum atomic E-state index is 11.6. The summed E-state index contributed by atoms with van der Waals surface area (Å²) in [7, 11) is 1.30. The Kier molecular flexibility index (Phi) is 2.95. The van der Waals surface area contributed by atoms with Crippen molar-refractivity contribution in [1.82, 2.24) is 0 Å². The Morgan fingerprint density at radius 3 is 2.64 bits per heavy atom. The molecule has 0 aromatic carbocycles. The average molecular weight is 200 g/mol. The highest BCUT2D eigenvalue weighted by molar-refractivity contribution is 5.92. The molecule has 0 bridgehead atoms. The molecule has 0 radical (unpaired) electrons. The fourth-order valence-corrected chi connectivity index (χ4v) is 2.07. The molecule has 0 aromatic rings. The third-order valence-corrected chi connectivity index (χ3v) is 3.24. The van der Waals surface area contributed by atoms with Crippen molar-refractivity contribution < 1.29 is 19.4 Å². The number of esters is 1. The quantitative estimate of drug-likeness (QED) is 0.655. The Morgan fingerprint density at radius 1 is 1.64 bits per heavy atom. The topological polar surface area (TPSA) is 63.6 Å². The highest BCUT2D eigenvalue weighted by atomic mass is 16.5. The lowest BCUT2D eigenvalue weighted by atomic mass is 9.79. The van der Waals surface area contributed by atoms with Crippen LogP contribution in [0, 0.1) is 17.3 Å².